The van der Waals surface area contributed by atoms with Crippen LogP contribution in [-0.4, -0.2) is 20.1 Å². The van der Waals surface area contributed by atoms with Crippen molar-refractivity contribution >= 4 is 22.5 Å². The fourth-order valence-corrected chi connectivity index (χ4v) is 4.73. The van der Waals surface area contributed by atoms with Gasteiger partial charge in [-0.15, -0.1) is 0 Å². The number of carbonyl (C=O) groups is 1. The first-order valence-corrected chi connectivity index (χ1v) is 10.6. The number of hydrogen-bond donors (Lipinski definition) is 1. The zero-order valence-electron chi connectivity index (χ0n) is 16.0. The SMILES string of the molecule is O=C(Nc1ccccn1)c1cccnc1S(=O)C(c1ccccc1)c1ccccc1. The molecule has 0 saturated carbocycles. The third-order valence-corrected chi connectivity index (χ3v) is 6.21. The summed E-state index contributed by atoms with van der Waals surface area (Å²) < 4.78 is 13.8. The maximum Gasteiger partial charge on any atom is 0.259 e. The zero-order chi connectivity index (χ0) is 20.8. The molecule has 4 rings (SSSR count). The topological polar surface area (TPSA) is 72.0 Å². The second-order valence-corrected chi connectivity index (χ2v) is 7.98. The average Bonchev–Trinajstić information content (AvgIpc) is 2.81. The molecule has 30 heavy (non-hydrogen) atoms. The number of pyridine rings is 2. The van der Waals surface area contributed by atoms with Crippen molar-refractivity contribution in [3.8, 4) is 0 Å². The van der Waals surface area contributed by atoms with Crippen LogP contribution in [0.2, 0.25) is 0 Å². The zero-order valence-corrected chi connectivity index (χ0v) is 16.8. The molecule has 2 heterocycles. The van der Waals surface area contributed by atoms with Crippen molar-refractivity contribution in [3.05, 3.63) is 120 Å². The minimum absolute atomic E-state index is 0.239. The van der Waals surface area contributed by atoms with Crippen molar-refractivity contribution in [2.75, 3.05) is 5.32 Å². The van der Waals surface area contributed by atoms with Crippen molar-refractivity contribution in [1.29, 1.82) is 0 Å². The van der Waals surface area contributed by atoms with Crippen molar-refractivity contribution < 1.29 is 9.00 Å². The molecule has 1 unspecified atom stereocenters. The highest BCUT2D eigenvalue weighted by Gasteiger charge is 2.27. The van der Waals surface area contributed by atoms with Gasteiger partial charge in [-0.1, -0.05) is 66.7 Å². The first-order chi connectivity index (χ1) is 14.7. The largest absolute Gasteiger partial charge is 0.306 e. The van der Waals surface area contributed by atoms with Gasteiger partial charge in [-0.3, -0.25) is 9.00 Å². The van der Waals surface area contributed by atoms with Gasteiger partial charge < -0.3 is 5.32 Å². The average molecular weight is 414 g/mol. The summed E-state index contributed by atoms with van der Waals surface area (Å²) in [7, 11) is -1.61. The summed E-state index contributed by atoms with van der Waals surface area (Å²) >= 11 is 0. The van der Waals surface area contributed by atoms with E-state index in [4.69, 9.17) is 0 Å². The summed E-state index contributed by atoms with van der Waals surface area (Å²) in [6.45, 7) is 0. The Morgan fingerprint density at radius 1 is 0.733 bits per heavy atom. The number of nitrogens with zero attached hydrogens (tertiary/aromatic N) is 2. The number of carbonyl (C=O) groups excluding carboxylic acids is 1. The maximum atomic E-state index is 13.8. The molecule has 0 saturated heterocycles. The molecule has 0 bridgehead atoms. The van der Waals surface area contributed by atoms with E-state index in [1.54, 1.807) is 42.7 Å². The number of hydrogen-bond acceptors (Lipinski definition) is 4. The molecule has 1 amide bonds. The Bertz CT molecular complexity index is 1110. The summed E-state index contributed by atoms with van der Waals surface area (Å²) in [4.78, 5) is 21.4. The molecule has 0 radical (unpaired) electrons. The van der Waals surface area contributed by atoms with Gasteiger partial charge in [0.1, 0.15) is 10.8 Å². The Morgan fingerprint density at radius 2 is 1.33 bits per heavy atom. The monoisotopic (exact) mass is 413 g/mol. The molecule has 6 heteroatoms. The molecule has 5 nitrogen and oxygen atoms in total. The number of amides is 1. The summed E-state index contributed by atoms with van der Waals surface area (Å²) in [6, 6.07) is 27.8. The molecular weight excluding hydrogens is 394 g/mol. The molecule has 0 spiro atoms. The second-order valence-electron chi connectivity index (χ2n) is 6.52. The Balaban J connectivity index is 1.73. The predicted octanol–water partition coefficient (Wildman–Crippen LogP) is 4.63. The number of rotatable bonds is 6. The van der Waals surface area contributed by atoms with E-state index in [-0.39, 0.29) is 10.6 Å². The molecular formula is C24H19N3O2S. The fraction of sp³-hybridized carbons (Fsp3) is 0.0417. The minimum Gasteiger partial charge on any atom is -0.306 e. The van der Waals surface area contributed by atoms with Crippen molar-refractivity contribution in [2.45, 2.75) is 10.3 Å². The van der Waals surface area contributed by atoms with E-state index in [9.17, 15) is 9.00 Å². The molecule has 2 aromatic carbocycles. The number of aromatic nitrogens is 2. The molecule has 2 aromatic heterocycles. The Hall–Kier alpha value is -3.64. The maximum absolute atomic E-state index is 13.8. The van der Waals surface area contributed by atoms with E-state index in [2.05, 4.69) is 15.3 Å². The van der Waals surface area contributed by atoms with Crippen molar-refractivity contribution in [3.63, 3.8) is 0 Å². The minimum atomic E-state index is -1.61. The molecule has 0 aliphatic carbocycles. The van der Waals surface area contributed by atoms with Crippen LogP contribution in [0, 0.1) is 0 Å². The standard InChI is InChI=1S/C24H19N3O2S/c28-23(27-21-15-7-8-16-25-21)20-14-9-17-26-24(20)30(29)22(18-10-3-1-4-11-18)19-12-5-2-6-13-19/h1-17,22H,(H,25,27,28). The molecule has 148 valence electrons. The number of nitrogens with one attached hydrogen (secondary N) is 1. The third-order valence-electron chi connectivity index (χ3n) is 4.53. The second kappa shape index (κ2) is 9.24. The van der Waals surface area contributed by atoms with E-state index in [1.807, 2.05) is 60.7 Å². The molecule has 4 aromatic rings. The van der Waals surface area contributed by atoms with Gasteiger partial charge in [0.05, 0.1) is 21.6 Å². The van der Waals surface area contributed by atoms with Gasteiger partial charge in [0.15, 0.2) is 0 Å². The van der Waals surface area contributed by atoms with Crippen LogP contribution in [0.1, 0.15) is 26.7 Å². The summed E-state index contributed by atoms with van der Waals surface area (Å²) in [5.41, 5.74) is 2.05. The first kappa shape index (κ1) is 19.7. The lowest BCUT2D eigenvalue weighted by Gasteiger charge is -2.18. The molecule has 0 fully saturated rings. The van der Waals surface area contributed by atoms with Crippen molar-refractivity contribution in [2.24, 2.45) is 0 Å². The van der Waals surface area contributed by atoms with Crippen LogP contribution in [-0.2, 0) is 10.8 Å². The summed E-state index contributed by atoms with van der Waals surface area (Å²) in [5, 5.41) is 2.53. The van der Waals surface area contributed by atoms with E-state index >= 15 is 0 Å². The van der Waals surface area contributed by atoms with Crippen LogP contribution in [0.3, 0.4) is 0 Å². The van der Waals surface area contributed by atoms with E-state index in [1.165, 1.54) is 0 Å². The van der Waals surface area contributed by atoms with Crippen LogP contribution in [0.4, 0.5) is 5.82 Å². The molecule has 0 aliphatic heterocycles. The Labute approximate surface area is 177 Å². The quantitative estimate of drug-likeness (QED) is 0.500. The lowest BCUT2D eigenvalue weighted by Crippen LogP contribution is -2.19. The van der Waals surface area contributed by atoms with Crippen LogP contribution in [0.25, 0.3) is 0 Å². The highest BCUT2D eigenvalue weighted by Crippen LogP contribution is 2.32. The lowest BCUT2D eigenvalue weighted by atomic mass is 10.0. The van der Waals surface area contributed by atoms with Crippen molar-refractivity contribution in [1.82, 2.24) is 9.97 Å². The predicted molar refractivity (Wildman–Crippen MR) is 118 cm³/mol. The van der Waals surface area contributed by atoms with Gasteiger partial charge in [0.2, 0.25) is 0 Å². The summed E-state index contributed by atoms with van der Waals surface area (Å²) in [6.07, 6.45) is 3.15. The van der Waals surface area contributed by atoms with E-state index < -0.39 is 22.0 Å². The smallest absolute Gasteiger partial charge is 0.259 e. The highest BCUT2D eigenvalue weighted by molar-refractivity contribution is 7.85. The van der Waals surface area contributed by atoms with Crippen LogP contribution >= 0.6 is 0 Å². The van der Waals surface area contributed by atoms with Gasteiger partial charge in [0.25, 0.3) is 5.91 Å². The Morgan fingerprint density at radius 3 is 1.93 bits per heavy atom. The van der Waals surface area contributed by atoms with Crippen LogP contribution in [0.15, 0.2) is 108 Å². The van der Waals surface area contributed by atoms with Gasteiger partial charge in [-0.25, -0.2) is 9.97 Å². The molecule has 0 aliphatic rings. The number of anilines is 1. The first-order valence-electron chi connectivity index (χ1n) is 9.42. The Kier molecular flexibility index (Phi) is 6.06. The van der Waals surface area contributed by atoms with Crippen LogP contribution in [0.5, 0.6) is 0 Å². The third kappa shape index (κ3) is 4.34. The number of benzene rings is 2. The van der Waals surface area contributed by atoms with Gasteiger partial charge in [-0.2, -0.15) is 0 Å². The molecule has 1 atom stereocenters. The normalized spacial score (nSPS) is 11.8. The molecule has 1 N–H and O–H groups in total. The summed E-state index contributed by atoms with van der Waals surface area (Å²) in [5.74, 6) is 0.0239. The van der Waals surface area contributed by atoms with Crippen LogP contribution < -0.4 is 5.32 Å². The lowest BCUT2D eigenvalue weighted by molar-refractivity contribution is 0.102. The van der Waals surface area contributed by atoms with Gasteiger partial charge in [-0.05, 0) is 35.4 Å². The van der Waals surface area contributed by atoms with E-state index in [0.29, 0.717) is 5.82 Å². The highest BCUT2D eigenvalue weighted by atomic mass is 32.2. The van der Waals surface area contributed by atoms with E-state index in [0.717, 1.165) is 11.1 Å². The van der Waals surface area contributed by atoms with Gasteiger partial charge >= 0.3 is 0 Å². The van der Waals surface area contributed by atoms with Gasteiger partial charge in [0, 0.05) is 12.4 Å². The fourth-order valence-electron chi connectivity index (χ4n) is 3.15.